The van der Waals surface area contributed by atoms with E-state index in [0.717, 1.165) is 18.7 Å². The first-order valence-electron chi connectivity index (χ1n) is 5.90. The highest BCUT2D eigenvalue weighted by molar-refractivity contribution is 6.30. The quantitative estimate of drug-likeness (QED) is 0.834. The number of halogens is 2. The van der Waals surface area contributed by atoms with Crippen molar-refractivity contribution >= 4 is 17.7 Å². The van der Waals surface area contributed by atoms with Crippen LogP contribution in [0.3, 0.4) is 0 Å². The average Bonchev–Trinajstić information content (AvgIpc) is 2.28. The summed E-state index contributed by atoms with van der Waals surface area (Å²) in [6, 6.07) is 4.89. The fourth-order valence-corrected chi connectivity index (χ4v) is 1.62. The van der Waals surface area contributed by atoms with Gasteiger partial charge in [0.25, 0.3) is 0 Å². The molecule has 0 aliphatic carbocycles. The van der Waals surface area contributed by atoms with Gasteiger partial charge >= 0.3 is 0 Å². The van der Waals surface area contributed by atoms with Crippen LogP contribution in [0, 0.1) is 11.7 Å². The first-order chi connectivity index (χ1) is 8.04. The molecule has 0 aromatic heterocycles. The number of rotatable bonds is 5. The van der Waals surface area contributed by atoms with E-state index in [0.29, 0.717) is 5.92 Å². The van der Waals surface area contributed by atoms with Crippen LogP contribution in [0.4, 0.5) is 4.39 Å². The molecular formula is C14H19ClFN. The third-order valence-electron chi connectivity index (χ3n) is 2.62. The molecule has 0 heterocycles. The van der Waals surface area contributed by atoms with Crippen LogP contribution in [0.5, 0.6) is 0 Å². The standard InChI is InChI=1S/C14H19ClFN/c1-4-17-9-12(10(2)3)7-11-5-6-13(15)14(16)8-11/h5-8,10,17H,4,9H2,1-3H3. The van der Waals surface area contributed by atoms with Gasteiger partial charge in [0.1, 0.15) is 5.82 Å². The van der Waals surface area contributed by atoms with Gasteiger partial charge in [0.2, 0.25) is 0 Å². The van der Waals surface area contributed by atoms with E-state index in [1.807, 2.05) is 12.1 Å². The van der Waals surface area contributed by atoms with Gasteiger partial charge in [-0.15, -0.1) is 0 Å². The first-order valence-corrected chi connectivity index (χ1v) is 6.28. The topological polar surface area (TPSA) is 12.0 Å². The van der Waals surface area contributed by atoms with E-state index < -0.39 is 0 Å². The summed E-state index contributed by atoms with van der Waals surface area (Å²) < 4.78 is 13.3. The Morgan fingerprint density at radius 3 is 2.71 bits per heavy atom. The van der Waals surface area contributed by atoms with Crippen LogP contribution in [-0.4, -0.2) is 13.1 Å². The molecule has 1 rings (SSSR count). The van der Waals surface area contributed by atoms with Crippen LogP contribution in [-0.2, 0) is 0 Å². The molecule has 17 heavy (non-hydrogen) atoms. The van der Waals surface area contributed by atoms with Crippen molar-refractivity contribution in [3.05, 3.63) is 40.2 Å². The van der Waals surface area contributed by atoms with Crippen LogP contribution < -0.4 is 5.32 Å². The summed E-state index contributed by atoms with van der Waals surface area (Å²) in [6.45, 7) is 8.10. The van der Waals surface area contributed by atoms with Crippen molar-refractivity contribution in [1.82, 2.24) is 5.32 Å². The second-order valence-corrected chi connectivity index (χ2v) is 4.74. The van der Waals surface area contributed by atoms with Gasteiger partial charge in [0.15, 0.2) is 0 Å². The second-order valence-electron chi connectivity index (χ2n) is 4.33. The van der Waals surface area contributed by atoms with Gasteiger partial charge in [-0.2, -0.15) is 0 Å². The van der Waals surface area contributed by atoms with E-state index in [2.05, 4.69) is 26.1 Å². The molecule has 0 atom stereocenters. The Balaban J connectivity index is 2.91. The van der Waals surface area contributed by atoms with E-state index in [-0.39, 0.29) is 10.8 Å². The molecule has 94 valence electrons. The highest BCUT2D eigenvalue weighted by Gasteiger charge is 2.04. The van der Waals surface area contributed by atoms with Gasteiger partial charge in [-0.3, -0.25) is 0 Å². The van der Waals surface area contributed by atoms with Crippen LogP contribution in [0.2, 0.25) is 5.02 Å². The molecule has 0 unspecified atom stereocenters. The van der Waals surface area contributed by atoms with Gasteiger partial charge in [-0.05, 0) is 30.2 Å². The summed E-state index contributed by atoms with van der Waals surface area (Å²) in [5.41, 5.74) is 2.11. The Morgan fingerprint density at radius 1 is 1.47 bits per heavy atom. The SMILES string of the molecule is CCNCC(=Cc1ccc(Cl)c(F)c1)C(C)C. The van der Waals surface area contributed by atoms with Crippen LogP contribution in [0.1, 0.15) is 26.3 Å². The van der Waals surface area contributed by atoms with E-state index in [1.54, 1.807) is 6.07 Å². The maximum Gasteiger partial charge on any atom is 0.142 e. The molecule has 0 spiro atoms. The molecule has 3 heteroatoms. The first kappa shape index (κ1) is 14.2. The lowest BCUT2D eigenvalue weighted by molar-refractivity contribution is 0.627. The monoisotopic (exact) mass is 255 g/mol. The lowest BCUT2D eigenvalue weighted by Crippen LogP contribution is -2.18. The molecule has 0 radical (unpaired) electrons. The van der Waals surface area contributed by atoms with Gasteiger partial charge < -0.3 is 5.32 Å². The van der Waals surface area contributed by atoms with E-state index >= 15 is 0 Å². The molecule has 0 aliphatic rings. The molecule has 1 aromatic rings. The molecular weight excluding hydrogens is 237 g/mol. The maximum atomic E-state index is 13.3. The summed E-state index contributed by atoms with van der Waals surface area (Å²) in [5, 5.41) is 3.45. The number of benzene rings is 1. The summed E-state index contributed by atoms with van der Waals surface area (Å²) in [7, 11) is 0. The second kappa shape index (κ2) is 6.77. The molecule has 0 fully saturated rings. The van der Waals surface area contributed by atoms with Crippen molar-refractivity contribution in [1.29, 1.82) is 0 Å². The Bertz CT molecular complexity index is 399. The lowest BCUT2D eigenvalue weighted by atomic mass is 10.00. The van der Waals surface area contributed by atoms with E-state index in [9.17, 15) is 4.39 Å². The summed E-state index contributed by atoms with van der Waals surface area (Å²) in [5.74, 6) is 0.0692. The van der Waals surface area contributed by atoms with Gasteiger partial charge in [-0.1, -0.05) is 50.1 Å². The predicted molar refractivity (Wildman–Crippen MR) is 72.8 cm³/mol. The average molecular weight is 256 g/mol. The Morgan fingerprint density at radius 2 is 2.18 bits per heavy atom. The largest absolute Gasteiger partial charge is 0.313 e. The van der Waals surface area contributed by atoms with Crippen LogP contribution in [0.25, 0.3) is 6.08 Å². The number of likely N-dealkylation sites (N-methyl/N-ethyl adjacent to an activating group) is 1. The minimum Gasteiger partial charge on any atom is -0.313 e. The summed E-state index contributed by atoms with van der Waals surface area (Å²) in [4.78, 5) is 0. The van der Waals surface area contributed by atoms with Crippen molar-refractivity contribution in [2.75, 3.05) is 13.1 Å². The minimum atomic E-state index is -0.369. The molecule has 1 nitrogen and oxygen atoms in total. The smallest absolute Gasteiger partial charge is 0.142 e. The molecule has 0 amide bonds. The lowest BCUT2D eigenvalue weighted by Gasteiger charge is -2.12. The van der Waals surface area contributed by atoms with Crippen molar-refractivity contribution in [2.45, 2.75) is 20.8 Å². The van der Waals surface area contributed by atoms with Gasteiger partial charge in [0, 0.05) is 6.54 Å². The fraction of sp³-hybridized carbons (Fsp3) is 0.429. The molecule has 0 saturated heterocycles. The fourth-order valence-electron chi connectivity index (χ4n) is 1.51. The molecule has 0 bridgehead atoms. The molecule has 0 aliphatic heterocycles. The van der Waals surface area contributed by atoms with Crippen molar-refractivity contribution in [3.8, 4) is 0 Å². The third kappa shape index (κ3) is 4.49. The minimum absolute atomic E-state index is 0.167. The van der Waals surface area contributed by atoms with Crippen molar-refractivity contribution in [3.63, 3.8) is 0 Å². The van der Waals surface area contributed by atoms with Crippen molar-refractivity contribution < 1.29 is 4.39 Å². The number of hydrogen-bond acceptors (Lipinski definition) is 1. The molecule has 0 saturated carbocycles. The number of hydrogen-bond donors (Lipinski definition) is 1. The van der Waals surface area contributed by atoms with Crippen molar-refractivity contribution in [2.24, 2.45) is 5.92 Å². The Labute approximate surface area is 108 Å². The zero-order valence-corrected chi connectivity index (χ0v) is 11.3. The normalized spacial score (nSPS) is 12.2. The predicted octanol–water partition coefficient (Wildman–Crippen LogP) is 4.13. The maximum absolute atomic E-state index is 13.3. The van der Waals surface area contributed by atoms with Crippen LogP contribution in [0.15, 0.2) is 23.8 Å². The summed E-state index contributed by atoms with van der Waals surface area (Å²) in [6.07, 6.45) is 2.02. The van der Waals surface area contributed by atoms with Crippen LogP contribution >= 0.6 is 11.6 Å². The molecule has 1 N–H and O–H groups in total. The highest BCUT2D eigenvalue weighted by Crippen LogP contribution is 2.19. The van der Waals surface area contributed by atoms with E-state index in [4.69, 9.17) is 11.6 Å². The van der Waals surface area contributed by atoms with Gasteiger partial charge in [0.05, 0.1) is 5.02 Å². The zero-order valence-electron chi connectivity index (χ0n) is 10.6. The zero-order chi connectivity index (χ0) is 12.8. The number of nitrogens with one attached hydrogen (secondary N) is 1. The Hall–Kier alpha value is -0.860. The van der Waals surface area contributed by atoms with Gasteiger partial charge in [-0.25, -0.2) is 4.39 Å². The van der Waals surface area contributed by atoms with E-state index in [1.165, 1.54) is 11.6 Å². The molecule has 1 aromatic carbocycles. The Kier molecular flexibility index (Phi) is 5.66. The highest BCUT2D eigenvalue weighted by atomic mass is 35.5. The summed E-state index contributed by atoms with van der Waals surface area (Å²) >= 11 is 5.66. The third-order valence-corrected chi connectivity index (χ3v) is 2.92.